The maximum Gasteiger partial charge on any atom is 0.203 e. The Morgan fingerprint density at radius 1 is 1.42 bits per heavy atom. The Balaban J connectivity index is 2.77. The van der Waals surface area contributed by atoms with Gasteiger partial charge < -0.3 is 4.40 Å². The van der Waals surface area contributed by atoms with Crippen LogP contribution in [0.5, 0.6) is 0 Å². The van der Waals surface area contributed by atoms with E-state index in [0.717, 1.165) is 11.3 Å². The minimum atomic E-state index is 0.639. The van der Waals surface area contributed by atoms with Gasteiger partial charge in [0.05, 0.1) is 12.3 Å². The molecule has 0 aliphatic heterocycles. The summed E-state index contributed by atoms with van der Waals surface area (Å²) in [5.74, 6) is 0. The smallest absolute Gasteiger partial charge is 0.203 e. The van der Waals surface area contributed by atoms with Crippen molar-refractivity contribution in [3.05, 3.63) is 41.6 Å². The summed E-state index contributed by atoms with van der Waals surface area (Å²) in [7, 11) is 0. The van der Waals surface area contributed by atoms with Gasteiger partial charge in [0.1, 0.15) is 5.65 Å². The predicted molar refractivity (Wildman–Crippen MR) is 46.2 cm³/mol. The van der Waals surface area contributed by atoms with E-state index in [0.29, 0.717) is 5.69 Å². The van der Waals surface area contributed by atoms with E-state index in [4.69, 9.17) is 6.57 Å². The van der Waals surface area contributed by atoms with Crippen molar-refractivity contribution in [1.29, 1.82) is 0 Å². The zero-order chi connectivity index (χ0) is 8.55. The largest absolute Gasteiger partial charge is 0.317 e. The minimum absolute atomic E-state index is 0.639. The first kappa shape index (κ1) is 6.86. The van der Waals surface area contributed by atoms with Crippen LogP contribution in [0, 0.1) is 13.5 Å². The Morgan fingerprint density at radius 3 is 3.00 bits per heavy atom. The number of nitrogens with zero attached hydrogens (tertiary/aromatic N) is 3. The Morgan fingerprint density at radius 2 is 2.25 bits per heavy atom. The quantitative estimate of drug-likeness (QED) is 0.537. The van der Waals surface area contributed by atoms with Crippen LogP contribution in [0.2, 0.25) is 0 Å². The molecule has 0 bridgehead atoms. The summed E-state index contributed by atoms with van der Waals surface area (Å²) in [6.07, 6.45) is 3.69. The molecule has 2 heterocycles. The first-order valence-electron chi connectivity index (χ1n) is 3.62. The summed E-state index contributed by atoms with van der Waals surface area (Å²) in [6.45, 7) is 8.75. The molecule has 0 fully saturated rings. The molecule has 2 aromatic heterocycles. The molecule has 0 aliphatic rings. The van der Waals surface area contributed by atoms with Crippen LogP contribution in [0.15, 0.2) is 24.5 Å². The van der Waals surface area contributed by atoms with Gasteiger partial charge >= 0.3 is 0 Å². The zero-order valence-corrected chi connectivity index (χ0v) is 6.65. The Bertz CT molecular complexity index is 462. The van der Waals surface area contributed by atoms with Gasteiger partial charge in [0, 0.05) is 12.4 Å². The van der Waals surface area contributed by atoms with E-state index < -0.39 is 0 Å². The lowest BCUT2D eigenvalue weighted by atomic mass is 10.4. The summed E-state index contributed by atoms with van der Waals surface area (Å²) < 4.78 is 1.86. The van der Waals surface area contributed by atoms with Crippen molar-refractivity contribution in [3.8, 4) is 0 Å². The minimum Gasteiger partial charge on any atom is -0.317 e. The van der Waals surface area contributed by atoms with Crippen LogP contribution in [0.4, 0.5) is 5.69 Å². The molecule has 0 unspecified atom stereocenters. The molecule has 0 saturated carbocycles. The summed E-state index contributed by atoms with van der Waals surface area (Å²) >= 11 is 0. The lowest BCUT2D eigenvalue weighted by Crippen LogP contribution is -1.79. The normalized spacial score (nSPS) is 10.0. The van der Waals surface area contributed by atoms with E-state index in [1.807, 2.05) is 23.6 Å². The van der Waals surface area contributed by atoms with Crippen LogP contribution in [-0.4, -0.2) is 9.38 Å². The molecule has 0 atom stereocenters. The van der Waals surface area contributed by atoms with Crippen LogP contribution in [0.25, 0.3) is 10.5 Å². The fourth-order valence-corrected chi connectivity index (χ4v) is 1.17. The maximum atomic E-state index is 6.82. The second-order valence-electron chi connectivity index (χ2n) is 2.65. The molecule has 0 saturated heterocycles. The molecular weight excluding hydrogens is 150 g/mol. The number of hydrogen-bond acceptors (Lipinski definition) is 1. The van der Waals surface area contributed by atoms with Gasteiger partial charge in [0.25, 0.3) is 0 Å². The summed E-state index contributed by atoms with van der Waals surface area (Å²) in [4.78, 5) is 7.58. The van der Waals surface area contributed by atoms with Gasteiger partial charge in [-0.15, -0.1) is 0 Å². The van der Waals surface area contributed by atoms with Gasteiger partial charge in [-0.05, 0) is 13.0 Å². The second kappa shape index (κ2) is 2.35. The third kappa shape index (κ3) is 0.940. The summed E-state index contributed by atoms with van der Waals surface area (Å²) in [5, 5.41) is 0. The number of imidazole rings is 1. The first-order chi connectivity index (χ1) is 5.79. The lowest BCUT2D eigenvalue weighted by Gasteiger charge is -1.91. The van der Waals surface area contributed by atoms with Gasteiger partial charge in [0.2, 0.25) is 5.69 Å². The molecule has 2 rings (SSSR count). The highest BCUT2D eigenvalue weighted by atomic mass is 15.0. The van der Waals surface area contributed by atoms with Crippen molar-refractivity contribution in [1.82, 2.24) is 9.38 Å². The van der Waals surface area contributed by atoms with Crippen LogP contribution in [-0.2, 0) is 0 Å². The van der Waals surface area contributed by atoms with Gasteiger partial charge in [-0.2, -0.15) is 0 Å². The highest BCUT2D eigenvalue weighted by Crippen LogP contribution is 2.13. The molecule has 2 aromatic rings. The Hall–Kier alpha value is -1.82. The third-order valence-corrected chi connectivity index (χ3v) is 1.68. The Labute approximate surface area is 70.1 Å². The van der Waals surface area contributed by atoms with Crippen molar-refractivity contribution in [2.75, 3.05) is 0 Å². The van der Waals surface area contributed by atoms with E-state index in [1.165, 1.54) is 0 Å². The van der Waals surface area contributed by atoms with E-state index >= 15 is 0 Å². The number of aromatic nitrogens is 2. The molecule has 58 valence electrons. The average molecular weight is 157 g/mol. The predicted octanol–water partition coefficient (Wildman–Crippen LogP) is 2.19. The standard InChI is InChI=1S/C9H7N3/c1-7-5-12-6-8(10-2)3-4-9(12)11-7/h3-6H,1H3. The van der Waals surface area contributed by atoms with E-state index in [1.54, 1.807) is 12.3 Å². The van der Waals surface area contributed by atoms with Crippen molar-refractivity contribution in [2.24, 2.45) is 0 Å². The Kier molecular flexibility index (Phi) is 1.34. The summed E-state index contributed by atoms with van der Waals surface area (Å²) in [5.41, 5.74) is 2.50. The molecule has 0 radical (unpaired) electrons. The second-order valence-corrected chi connectivity index (χ2v) is 2.65. The average Bonchev–Trinajstić information content (AvgIpc) is 2.43. The first-order valence-corrected chi connectivity index (χ1v) is 3.62. The molecule has 0 spiro atoms. The topological polar surface area (TPSA) is 21.7 Å². The maximum absolute atomic E-state index is 6.82. The molecule has 0 N–H and O–H groups in total. The molecule has 3 nitrogen and oxygen atoms in total. The van der Waals surface area contributed by atoms with E-state index in [-0.39, 0.29) is 0 Å². The van der Waals surface area contributed by atoms with Crippen molar-refractivity contribution in [3.63, 3.8) is 0 Å². The number of rotatable bonds is 0. The van der Waals surface area contributed by atoms with Gasteiger partial charge in [-0.3, -0.25) is 0 Å². The number of aryl methyl sites for hydroxylation is 1. The molecular formula is C9H7N3. The lowest BCUT2D eigenvalue weighted by molar-refractivity contribution is 1.19. The monoisotopic (exact) mass is 157 g/mol. The fraction of sp³-hybridized carbons (Fsp3) is 0.111. The highest BCUT2D eigenvalue weighted by molar-refractivity contribution is 5.51. The molecule has 0 aromatic carbocycles. The fourth-order valence-electron chi connectivity index (χ4n) is 1.17. The SMILES string of the molecule is [C-]#[N+]c1ccc2nc(C)cn2c1. The molecule has 3 heteroatoms. The third-order valence-electron chi connectivity index (χ3n) is 1.68. The highest BCUT2D eigenvalue weighted by Gasteiger charge is 1.97. The molecule has 0 amide bonds. The van der Waals surface area contributed by atoms with Crippen molar-refractivity contribution < 1.29 is 0 Å². The molecule has 12 heavy (non-hydrogen) atoms. The van der Waals surface area contributed by atoms with Gasteiger partial charge in [0.15, 0.2) is 0 Å². The number of fused-ring (bicyclic) bond motifs is 1. The van der Waals surface area contributed by atoms with Crippen LogP contribution < -0.4 is 0 Å². The number of hydrogen-bond donors (Lipinski definition) is 0. The summed E-state index contributed by atoms with van der Waals surface area (Å²) in [6, 6.07) is 3.62. The van der Waals surface area contributed by atoms with Gasteiger partial charge in [-0.25, -0.2) is 9.83 Å². The van der Waals surface area contributed by atoms with Crippen LogP contribution in [0.1, 0.15) is 5.69 Å². The van der Waals surface area contributed by atoms with E-state index in [2.05, 4.69) is 9.83 Å². The number of pyridine rings is 1. The van der Waals surface area contributed by atoms with Gasteiger partial charge in [-0.1, -0.05) is 6.07 Å². The molecule has 0 aliphatic carbocycles. The zero-order valence-electron chi connectivity index (χ0n) is 6.65. The van der Waals surface area contributed by atoms with Crippen molar-refractivity contribution in [2.45, 2.75) is 6.92 Å². The van der Waals surface area contributed by atoms with Crippen molar-refractivity contribution >= 4 is 11.3 Å². The van der Waals surface area contributed by atoms with Crippen LogP contribution in [0.3, 0.4) is 0 Å². The van der Waals surface area contributed by atoms with E-state index in [9.17, 15) is 0 Å². The van der Waals surface area contributed by atoms with Crippen LogP contribution >= 0.6 is 0 Å².